The first kappa shape index (κ1) is 13.8. The van der Waals surface area contributed by atoms with Gasteiger partial charge in [0, 0.05) is 6.08 Å². The lowest BCUT2D eigenvalue weighted by atomic mass is 10.1. The molecule has 0 heterocycles. The Morgan fingerprint density at radius 1 is 1.00 bits per heavy atom. The van der Waals surface area contributed by atoms with E-state index in [1.165, 1.54) is 6.08 Å². The van der Waals surface area contributed by atoms with Crippen molar-refractivity contribution in [1.82, 2.24) is 0 Å². The molecule has 0 aromatic heterocycles. The summed E-state index contributed by atoms with van der Waals surface area (Å²) in [5.74, 6) is -0.386. The topological polar surface area (TPSA) is 26.3 Å². The third-order valence-corrected chi connectivity index (χ3v) is 2.80. The number of esters is 1. The molecule has 0 aliphatic rings. The summed E-state index contributed by atoms with van der Waals surface area (Å²) in [5.41, 5.74) is 1.86. The normalized spacial score (nSPS) is 12.0. The number of carbonyl (C=O) groups excluding carboxylic acids is 1. The van der Waals surface area contributed by atoms with E-state index in [2.05, 4.69) is 6.58 Å². The highest BCUT2D eigenvalue weighted by molar-refractivity contribution is 5.87. The molecule has 0 fully saturated rings. The van der Waals surface area contributed by atoms with Gasteiger partial charge < -0.3 is 4.74 Å². The first-order chi connectivity index (χ1) is 9.79. The Labute approximate surface area is 119 Å². The summed E-state index contributed by atoms with van der Waals surface area (Å²) in [6, 6.07) is 19.1. The van der Waals surface area contributed by atoms with Crippen molar-refractivity contribution in [2.24, 2.45) is 0 Å². The second kappa shape index (κ2) is 7.10. The van der Waals surface area contributed by atoms with Gasteiger partial charge in [-0.1, -0.05) is 67.2 Å². The summed E-state index contributed by atoms with van der Waals surface area (Å²) < 4.78 is 5.36. The van der Waals surface area contributed by atoms with Crippen molar-refractivity contribution in [1.29, 1.82) is 0 Å². The van der Waals surface area contributed by atoms with Gasteiger partial charge in [0.15, 0.2) is 0 Å². The van der Waals surface area contributed by atoms with Gasteiger partial charge in [0.25, 0.3) is 0 Å². The van der Waals surface area contributed by atoms with Crippen molar-refractivity contribution < 1.29 is 9.53 Å². The average molecular weight is 264 g/mol. The average Bonchev–Trinajstić information content (AvgIpc) is 2.52. The molecule has 0 saturated heterocycles. The fourth-order valence-corrected chi connectivity index (χ4v) is 1.79. The molecule has 0 saturated carbocycles. The van der Waals surface area contributed by atoms with Crippen LogP contribution < -0.4 is 0 Å². The molecule has 0 bridgehead atoms. The van der Waals surface area contributed by atoms with E-state index < -0.39 is 6.10 Å². The van der Waals surface area contributed by atoms with Gasteiger partial charge in [-0.2, -0.15) is 0 Å². The van der Waals surface area contributed by atoms with Crippen LogP contribution in [0.3, 0.4) is 0 Å². The van der Waals surface area contributed by atoms with Gasteiger partial charge in [0.05, 0.1) is 0 Å². The summed E-state index contributed by atoms with van der Waals surface area (Å²) in [5, 5.41) is 0. The Bertz CT molecular complexity index is 585. The zero-order valence-corrected chi connectivity index (χ0v) is 11.1. The van der Waals surface area contributed by atoms with Crippen LogP contribution in [0.25, 0.3) is 6.08 Å². The molecule has 20 heavy (non-hydrogen) atoms. The van der Waals surface area contributed by atoms with Gasteiger partial charge in [0.2, 0.25) is 0 Å². The molecule has 0 aliphatic heterocycles. The maximum atomic E-state index is 11.8. The van der Waals surface area contributed by atoms with Crippen molar-refractivity contribution >= 4 is 12.0 Å². The molecule has 2 aromatic carbocycles. The third kappa shape index (κ3) is 3.95. The minimum absolute atomic E-state index is 0.386. The van der Waals surface area contributed by atoms with E-state index in [0.717, 1.165) is 11.1 Å². The van der Waals surface area contributed by atoms with Crippen LogP contribution in [0.15, 0.2) is 79.4 Å². The predicted molar refractivity (Wildman–Crippen MR) is 80.9 cm³/mol. The largest absolute Gasteiger partial charge is 0.450 e. The van der Waals surface area contributed by atoms with E-state index in [1.807, 2.05) is 60.7 Å². The Kier molecular flexibility index (Phi) is 4.90. The number of hydrogen-bond acceptors (Lipinski definition) is 2. The molecule has 0 N–H and O–H groups in total. The van der Waals surface area contributed by atoms with Crippen molar-refractivity contribution in [3.8, 4) is 0 Å². The lowest BCUT2D eigenvalue weighted by Crippen LogP contribution is -2.06. The second-order valence-electron chi connectivity index (χ2n) is 4.25. The summed E-state index contributed by atoms with van der Waals surface area (Å²) in [4.78, 5) is 11.8. The van der Waals surface area contributed by atoms with Crippen LogP contribution in [-0.2, 0) is 9.53 Å². The summed E-state index contributed by atoms with van der Waals surface area (Å²) in [7, 11) is 0. The van der Waals surface area contributed by atoms with Crippen molar-refractivity contribution in [2.45, 2.75) is 6.10 Å². The number of ether oxygens (including phenoxy) is 1. The molecule has 1 atom stereocenters. The molecule has 0 amide bonds. The van der Waals surface area contributed by atoms with Gasteiger partial charge in [0.1, 0.15) is 6.10 Å². The van der Waals surface area contributed by atoms with Gasteiger partial charge in [-0.25, -0.2) is 4.79 Å². The van der Waals surface area contributed by atoms with Gasteiger partial charge in [-0.15, -0.1) is 0 Å². The minimum atomic E-state index is -0.427. The molecule has 2 rings (SSSR count). The second-order valence-corrected chi connectivity index (χ2v) is 4.25. The van der Waals surface area contributed by atoms with Crippen LogP contribution in [0.4, 0.5) is 0 Å². The van der Waals surface area contributed by atoms with Crippen LogP contribution in [0, 0.1) is 0 Å². The van der Waals surface area contributed by atoms with Gasteiger partial charge in [-0.05, 0) is 23.3 Å². The van der Waals surface area contributed by atoms with Gasteiger partial charge >= 0.3 is 5.97 Å². The number of hydrogen-bond donors (Lipinski definition) is 0. The molecular formula is C18H16O2. The third-order valence-electron chi connectivity index (χ3n) is 2.80. The Balaban J connectivity index is 2.00. The highest BCUT2D eigenvalue weighted by atomic mass is 16.5. The van der Waals surface area contributed by atoms with E-state index in [9.17, 15) is 4.79 Å². The molecule has 0 radical (unpaired) electrons. The standard InChI is InChI=1S/C18H16O2/c1-2-17(16-11-7-4-8-12-16)20-18(19)14-13-15-9-5-3-6-10-15/h2-14,17H,1H2. The molecular weight excluding hydrogens is 248 g/mol. The van der Waals surface area contributed by atoms with Crippen LogP contribution in [0.2, 0.25) is 0 Å². The molecule has 2 heteroatoms. The maximum Gasteiger partial charge on any atom is 0.331 e. The smallest absolute Gasteiger partial charge is 0.331 e. The quantitative estimate of drug-likeness (QED) is 0.460. The van der Waals surface area contributed by atoms with Crippen LogP contribution in [0.5, 0.6) is 0 Å². The lowest BCUT2D eigenvalue weighted by Gasteiger charge is -2.12. The zero-order valence-electron chi connectivity index (χ0n) is 11.1. The molecule has 100 valence electrons. The van der Waals surface area contributed by atoms with E-state index in [1.54, 1.807) is 12.2 Å². The summed E-state index contributed by atoms with van der Waals surface area (Å²) in [6.45, 7) is 3.71. The fraction of sp³-hybridized carbons (Fsp3) is 0.0556. The first-order valence-corrected chi connectivity index (χ1v) is 6.41. The molecule has 2 aromatic rings. The van der Waals surface area contributed by atoms with Gasteiger partial charge in [-0.3, -0.25) is 0 Å². The highest BCUT2D eigenvalue weighted by Gasteiger charge is 2.10. The number of benzene rings is 2. The van der Waals surface area contributed by atoms with E-state index in [4.69, 9.17) is 4.74 Å². The van der Waals surface area contributed by atoms with Crippen LogP contribution >= 0.6 is 0 Å². The predicted octanol–water partition coefficient (Wildman–Crippen LogP) is 4.17. The Hall–Kier alpha value is -2.61. The summed E-state index contributed by atoms with van der Waals surface area (Å²) in [6.07, 6.45) is 4.34. The first-order valence-electron chi connectivity index (χ1n) is 6.41. The Morgan fingerprint density at radius 3 is 2.20 bits per heavy atom. The monoisotopic (exact) mass is 264 g/mol. The Morgan fingerprint density at radius 2 is 1.60 bits per heavy atom. The number of carbonyl (C=O) groups is 1. The molecule has 1 unspecified atom stereocenters. The molecule has 0 aliphatic carbocycles. The zero-order chi connectivity index (χ0) is 14.2. The SMILES string of the molecule is C=CC(OC(=O)C=Cc1ccccc1)c1ccccc1. The van der Waals surface area contributed by atoms with E-state index in [-0.39, 0.29) is 5.97 Å². The minimum Gasteiger partial charge on any atom is -0.450 e. The molecule has 2 nitrogen and oxygen atoms in total. The van der Waals surface area contributed by atoms with Crippen LogP contribution in [-0.4, -0.2) is 5.97 Å². The van der Waals surface area contributed by atoms with Crippen molar-refractivity contribution in [2.75, 3.05) is 0 Å². The highest BCUT2D eigenvalue weighted by Crippen LogP contribution is 2.18. The lowest BCUT2D eigenvalue weighted by molar-refractivity contribution is -0.141. The van der Waals surface area contributed by atoms with E-state index in [0.29, 0.717) is 0 Å². The van der Waals surface area contributed by atoms with E-state index >= 15 is 0 Å². The maximum absolute atomic E-state index is 11.8. The number of rotatable bonds is 5. The summed E-state index contributed by atoms with van der Waals surface area (Å²) >= 11 is 0. The van der Waals surface area contributed by atoms with Crippen molar-refractivity contribution in [3.63, 3.8) is 0 Å². The van der Waals surface area contributed by atoms with Crippen LogP contribution in [0.1, 0.15) is 17.2 Å². The molecule has 0 spiro atoms. The van der Waals surface area contributed by atoms with Crippen molar-refractivity contribution in [3.05, 3.63) is 90.5 Å². The fourth-order valence-electron chi connectivity index (χ4n) is 1.79.